The minimum Gasteiger partial charge on any atom is -1.00 e. The number of benzene rings is 1. The number of hydrogen-bond acceptors (Lipinski definition) is 11. The number of esters is 3. The normalized spacial score (nSPS) is 13.9. The van der Waals surface area contributed by atoms with Gasteiger partial charge in [-0.05, 0) is 33.3 Å². The third-order valence-electron chi connectivity index (χ3n) is 5.77. The number of quaternary nitrogens is 1. The average molecular weight is 590 g/mol. The van der Waals surface area contributed by atoms with Gasteiger partial charge in [-0.25, -0.2) is 9.59 Å². The first-order valence-corrected chi connectivity index (χ1v) is 12.4. The maximum Gasteiger partial charge on any atom is 0.509 e. The molecule has 0 bridgehead atoms. The maximum absolute atomic E-state index is 12.9. The summed E-state index contributed by atoms with van der Waals surface area (Å²) < 4.78 is 25.8. The molecule has 3 unspecified atom stereocenters. The van der Waals surface area contributed by atoms with Crippen LogP contribution in [0.4, 0.5) is 4.79 Å². The van der Waals surface area contributed by atoms with E-state index >= 15 is 0 Å². The van der Waals surface area contributed by atoms with Crippen molar-refractivity contribution >= 4 is 29.8 Å². The molecule has 1 aromatic carbocycles. The zero-order valence-corrected chi connectivity index (χ0v) is 24.8. The minimum atomic E-state index is -1.57. The lowest BCUT2D eigenvalue weighted by atomic mass is 9.93. The highest BCUT2D eigenvalue weighted by Gasteiger charge is 2.39. The second kappa shape index (κ2) is 16.8. The largest absolute Gasteiger partial charge is 1.00 e. The quantitative estimate of drug-likeness (QED) is 0.151. The number of aliphatic hydroxyl groups excluding tert-OH is 1. The van der Waals surface area contributed by atoms with Crippen molar-refractivity contribution in [3.05, 3.63) is 35.4 Å². The van der Waals surface area contributed by atoms with Gasteiger partial charge in [0, 0.05) is 12.5 Å². The fourth-order valence-corrected chi connectivity index (χ4v) is 3.13. The molecule has 0 aliphatic carbocycles. The molecule has 0 aliphatic rings. The van der Waals surface area contributed by atoms with Crippen LogP contribution in [0, 0.1) is 5.41 Å². The van der Waals surface area contributed by atoms with Crippen molar-refractivity contribution in [3.63, 3.8) is 0 Å². The van der Waals surface area contributed by atoms with E-state index in [0.29, 0.717) is 23.1 Å². The smallest absolute Gasteiger partial charge is 0.509 e. The lowest BCUT2D eigenvalue weighted by Gasteiger charge is -2.29. The van der Waals surface area contributed by atoms with Crippen LogP contribution in [-0.4, -0.2) is 92.1 Å². The molecular formula is C27H40ClNO11. The van der Waals surface area contributed by atoms with Gasteiger partial charge in [-0.3, -0.25) is 14.4 Å². The molecule has 0 amide bonds. The first-order chi connectivity index (χ1) is 18.1. The number of carbonyl (C=O) groups is 5. The predicted molar refractivity (Wildman–Crippen MR) is 137 cm³/mol. The van der Waals surface area contributed by atoms with Gasteiger partial charge in [-0.2, -0.15) is 0 Å². The number of hydrogen-bond donors (Lipinski definition) is 1. The standard InChI is InChI=1S/C27H40NO11.ClH/c1-18(30)19(2)38-24(32)20(3)39-26(34)37-17-27(5,16-36-21(4)31)25(33)35-15-23-10-8-22(9-11-23)14-28(6,7)12-13-29;/h8-11,19-20,29H,12-17H2,1-7H3;1H/q+1;/p-1. The summed E-state index contributed by atoms with van der Waals surface area (Å²) in [6.07, 6.45) is -3.65. The van der Waals surface area contributed by atoms with Crippen LogP contribution < -0.4 is 12.4 Å². The van der Waals surface area contributed by atoms with E-state index in [2.05, 4.69) is 0 Å². The van der Waals surface area contributed by atoms with Gasteiger partial charge in [0.05, 0.1) is 20.7 Å². The van der Waals surface area contributed by atoms with Crippen LogP contribution in [0.1, 0.15) is 45.7 Å². The summed E-state index contributed by atoms with van der Waals surface area (Å²) >= 11 is 0. The number of halogens is 1. The second-order valence-electron chi connectivity index (χ2n) is 10.3. The molecule has 1 N–H and O–H groups in total. The van der Waals surface area contributed by atoms with Crippen LogP contribution in [0.25, 0.3) is 0 Å². The van der Waals surface area contributed by atoms with Crippen molar-refractivity contribution in [2.45, 2.75) is 60.0 Å². The summed E-state index contributed by atoms with van der Waals surface area (Å²) in [5, 5.41) is 9.20. The lowest BCUT2D eigenvalue weighted by Crippen LogP contribution is -3.00. The topological polar surface area (TPSA) is 152 Å². The SMILES string of the molecule is CC(=O)OCC(C)(COC(=O)OC(C)C(=O)OC(C)C(C)=O)C(=O)OCc1ccc(C[N+](C)(C)CCO)cc1.[Cl-]. The zero-order chi connectivity index (χ0) is 29.8. The average Bonchev–Trinajstić information content (AvgIpc) is 2.85. The van der Waals surface area contributed by atoms with E-state index in [0.717, 1.165) is 12.5 Å². The number of ketones is 1. The Morgan fingerprint density at radius 3 is 1.95 bits per heavy atom. The fourth-order valence-electron chi connectivity index (χ4n) is 3.13. The first-order valence-electron chi connectivity index (χ1n) is 12.4. The van der Waals surface area contributed by atoms with Gasteiger partial charge in [0.25, 0.3) is 0 Å². The van der Waals surface area contributed by atoms with Crippen molar-refractivity contribution in [1.29, 1.82) is 0 Å². The van der Waals surface area contributed by atoms with Gasteiger partial charge in [0.1, 0.15) is 38.3 Å². The Hall–Kier alpha value is -3.22. The Balaban J connectivity index is 0.0000152. The van der Waals surface area contributed by atoms with Crippen molar-refractivity contribution in [2.75, 3.05) is 40.5 Å². The molecule has 0 fully saturated rings. The van der Waals surface area contributed by atoms with Gasteiger partial charge in [-0.15, -0.1) is 0 Å². The lowest BCUT2D eigenvalue weighted by molar-refractivity contribution is -0.903. The minimum absolute atomic E-state index is 0. The molecule has 0 heterocycles. The molecule has 0 spiro atoms. The predicted octanol–water partition coefficient (Wildman–Crippen LogP) is -1.07. The second-order valence-corrected chi connectivity index (χ2v) is 10.3. The highest BCUT2D eigenvalue weighted by Crippen LogP contribution is 2.22. The molecule has 0 saturated heterocycles. The Labute approximate surface area is 240 Å². The van der Waals surface area contributed by atoms with E-state index in [1.165, 1.54) is 27.7 Å². The van der Waals surface area contributed by atoms with E-state index < -0.39 is 54.9 Å². The summed E-state index contributed by atoms with van der Waals surface area (Å²) in [7, 11) is 4.02. The third kappa shape index (κ3) is 13.2. The van der Waals surface area contributed by atoms with E-state index in [-0.39, 0.29) is 31.4 Å². The summed E-state index contributed by atoms with van der Waals surface area (Å²) in [6, 6.07) is 7.43. The van der Waals surface area contributed by atoms with Crippen LogP contribution in [0.3, 0.4) is 0 Å². The molecule has 12 nitrogen and oxygen atoms in total. The van der Waals surface area contributed by atoms with Crippen LogP contribution in [-0.2, 0) is 56.0 Å². The highest BCUT2D eigenvalue weighted by atomic mass is 35.5. The maximum atomic E-state index is 12.9. The Bertz CT molecular complexity index is 1010. The van der Waals surface area contributed by atoms with E-state index in [1.807, 2.05) is 38.4 Å². The Kier molecular flexibility index (Phi) is 15.4. The molecule has 0 aliphatic heterocycles. The molecule has 13 heteroatoms. The molecule has 40 heavy (non-hydrogen) atoms. The van der Waals surface area contributed by atoms with E-state index in [4.69, 9.17) is 23.7 Å². The molecule has 0 aromatic heterocycles. The van der Waals surface area contributed by atoms with Crippen molar-refractivity contribution in [1.82, 2.24) is 0 Å². The number of Topliss-reactive ketones (excluding diaryl/α,β-unsaturated/α-hetero) is 1. The van der Waals surface area contributed by atoms with Crippen LogP contribution >= 0.6 is 0 Å². The number of rotatable bonds is 15. The zero-order valence-electron chi connectivity index (χ0n) is 24.1. The highest BCUT2D eigenvalue weighted by molar-refractivity contribution is 5.84. The van der Waals surface area contributed by atoms with Crippen LogP contribution in [0.2, 0.25) is 0 Å². The van der Waals surface area contributed by atoms with Crippen molar-refractivity contribution in [3.8, 4) is 0 Å². The summed E-state index contributed by atoms with van der Waals surface area (Å²) in [6.45, 7) is 6.74. The van der Waals surface area contributed by atoms with Gasteiger partial charge < -0.3 is 45.7 Å². The van der Waals surface area contributed by atoms with E-state index in [9.17, 15) is 29.1 Å². The number of likely N-dealkylation sites (N-methyl/N-ethyl adjacent to an activating group) is 1. The number of ether oxygens (including phenoxy) is 5. The number of carbonyl (C=O) groups excluding carboxylic acids is 5. The van der Waals surface area contributed by atoms with Crippen molar-refractivity contribution in [2.24, 2.45) is 5.41 Å². The molecule has 0 radical (unpaired) electrons. The molecular weight excluding hydrogens is 550 g/mol. The fraction of sp³-hybridized carbons (Fsp3) is 0.593. The van der Waals surface area contributed by atoms with Gasteiger partial charge in [-0.1, -0.05) is 24.3 Å². The Morgan fingerprint density at radius 1 is 0.875 bits per heavy atom. The van der Waals surface area contributed by atoms with Gasteiger partial charge in [0.2, 0.25) is 0 Å². The molecule has 0 saturated carbocycles. The Morgan fingerprint density at radius 2 is 1.43 bits per heavy atom. The summed E-state index contributed by atoms with van der Waals surface area (Å²) in [4.78, 5) is 59.6. The summed E-state index contributed by atoms with van der Waals surface area (Å²) in [5.74, 6) is -2.76. The van der Waals surface area contributed by atoms with Gasteiger partial charge in [0.15, 0.2) is 18.0 Å². The van der Waals surface area contributed by atoms with Crippen molar-refractivity contribution < 1.29 is 69.7 Å². The molecule has 1 aromatic rings. The molecule has 3 atom stereocenters. The summed E-state index contributed by atoms with van der Waals surface area (Å²) in [5.41, 5.74) is 0.189. The first kappa shape index (κ1) is 36.8. The van der Waals surface area contributed by atoms with Crippen LogP contribution in [0.5, 0.6) is 0 Å². The van der Waals surface area contributed by atoms with E-state index in [1.54, 1.807) is 0 Å². The van der Waals surface area contributed by atoms with Gasteiger partial charge >= 0.3 is 24.1 Å². The molecule has 1 rings (SSSR count). The number of nitrogens with zero attached hydrogens (tertiary/aromatic N) is 1. The van der Waals surface area contributed by atoms with Crippen LogP contribution in [0.15, 0.2) is 24.3 Å². The molecule has 226 valence electrons. The monoisotopic (exact) mass is 589 g/mol. The third-order valence-corrected chi connectivity index (χ3v) is 5.77. The number of aliphatic hydroxyl groups is 1.